The van der Waals surface area contributed by atoms with E-state index >= 15 is 0 Å². The second-order valence-corrected chi connectivity index (χ2v) is 3.29. The standard InChI is InChI=1S/C10H9N5O3/c1-17-6-4-3-5(12-15-11)7-8(6)13-14-9(7)10(16)18-2/h3-4H,1-2H3,(H,13,14). The van der Waals surface area contributed by atoms with Crippen LogP contribution in [-0.4, -0.2) is 30.4 Å². The largest absolute Gasteiger partial charge is 0.494 e. The monoisotopic (exact) mass is 247 g/mol. The molecule has 92 valence electrons. The summed E-state index contributed by atoms with van der Waals surface area (Å²) in [7, 11) is 2.73. The van der Waals surface area contributed by atoms with Crippen LogP contribution in [-0.2, 0) is 4.74 Å². The molecule has 0 aliphatic rings. The van der Waals surface area contributed by atoms with Crippen LogP contribution in [0.15, 0.2) is 17.2 Å². The number of H-pyrrole nitrogens is 1. The van der Waals surface area contributed by atoms with Gasteiger partial charge < -0.3 is 9.47 Å². The van der Waals surface area contributed by atoms with Crippen LogP contribution in [0.1, 0.15) is 10.5 Å². The number of fused-ring (bicyclic) bond motifs is 1. The van der Waals surface area contributed by atoms with Crippen LogP contribution in [0.2, 0.25) is 0 Å². The molecule has 0 saturated carbocycles. The molecular weight excluding hydrogens is 238 g/mol. The maximum atomic E-state index is 11.6. The molecule has 0 fully saturated rings. The van der Waals surface area contributed by atoms with E-state index in [9.17, 15) is 4.79 Å². The Morgan fingerprint density at radius 2 is 2.28 bits per heavy atom. The lowest BCUT2D eigenvalue weighted by molar-refractivity contribution is 0.0596. The number of nitrogens with one attached hydrogen (secondary N) is 1. The number of hydrogen-bond donors (Lipinski definition) is 1. The number of methoxy groups -OCH3 is 2. The molecule has 18 heavy (non-hydrogen) atoms. The first-order valence-corrected chi connectivity index (χ1v) is 4.91. The minimum absolute atomic E-state index is 0.119. The number of ether oxygens (including phenoxy) is 2. The third kappa shape index (κ3) is 1.70. The third-order valence-electron chi connectivity index (χ3n) is 2.41. The van der Waals surface area contributed by atoms with Gasteiger partial charge in [0.05, 0.1) is 14.2 Å². The summed E-state index contributed by atoms with van der Waals surface area (Å²) in [6.45, 7) is 0. The van der Waals surface area contributed by atoms with E-state index in [2.05, 4.69) is 25.0 Å². The van der Waals surface area contributed by atoms with E-state index in [-0.39, 0.29) is 11.4 Å². The summed E-state index contributed by atoms with van der Waals surface area (Å²) in [4.78, 5) is 14.3. The summed E-state index contributed by atoms with van der Waals surface area (Å²) in [5.41, 5.74) is 9.31. The van der Waals surface area contributed by atoms with Crippen molar-refractivity contribution in [1.29, 1.82) is 0 Å². The summed E-state index contributed by atoms with van der Waals surface area (Å²) in [5, 5.41) is 10.4. The fourth-order valence-electron chi connectivity index (χ4n) is 1.63. The van der Waals surface area contributed by atoms with E-state index in [4.69, 9.17) is 10.3 Å². The highest BCUT2D eigenvalue weighted by Crippen LogP contribution is 2.34. The Labute approximate surface area is 101 Å². The Kier molecular flexibility index (Phi) is 3.03. The van der Waals surface area contributed by atoms with Gasteiger partial charge in [-0.2, -0.15) is 5.10 Å². The van der Waals surface area contributed by atoms with Gasteiger partial charge in [-0.05, 0) is 17.7 Å². The van der Waals surface area contributed by atoms with Crippen molar-refractivity contribution in [3.8, 4) is 5.75 Å². The first kappa shape index (κ1) is 11.7. The molecule has 1 aromatic carbocycles. The zero-order chi connectivity index (χ0) is 13.1. The Morgan fingerprint density at radius 1 is 1.50 bits per heavy atom. The van der Waals surface area contributed by atoms with E-state index in [0.29, 0.717) is 16.7 Å². The minimum Gasteiger partial charge on any atom is -0.494 e. The molecule has 0 atom stereocenters. The van der Waals surface area contributed by atoms with Crippen LogP contribution >= 0.6 is 0 Å². The molecule has 0 amide bonds. The SMILES string of the molecule is COC(=O)c1[nH]nc2c(OC)ccc(N=[N+]=[N-])c12. The van der Waals surface area contributed by atoms with E-state index in [1.54, 1.807) is 12.1 Å². The fourth-order valence-corrected chi connectivity index (χ4v) is 1.63. The summed E-state index contributed by atoms with van der Waals surface area (Å²) < 4.78 is 9.74. The third-order valence-corrected chi connectivity index (χ3v) is 2.41. The lowest BCUT2D eigenvalue weighted by Gasteiger charge is -2.03. The molecule has 0 aliphatic carbocycles. The van der Waals surface area contributed by atoms with Crippen molar-refractivity contribution >= 4 is 22.6 Å². The van der Waals surface area contributed by atoms with Crippen LogP contribution in [0.3, 0.4) is 0 Å². The minimum atomic E-state index is -0.597. The number of rotatable bonds is 3. The van der Waals surface area contributed by atoms with Gasteiger partial charge in [-0.3, -0.25) is 5.10 Å². The van der Waals surface area contributed by atoms with Crippen molar-refractivity contribution in [2.75, 3.05) is 14.2 Å². The molecule has 0 spiro atoms. The van der Waals surface area contributed by atoms with Gasteiger partial charge in [-0.1, -0.05) is 5.11 Å². The average molecular weight is 247 g/mol. The van der Waals surface area contributed by atoms with Gasteiger partial charge in [-0.15, -0.1) is 0 Å². The van der Waals surface area contributed by atoms with Crippen LogP contribution in [0.5, 0.6) is 5.75 Å². The predicted octanol–water partition coefficient (Wildman–Crippen LogP) is 2.30. The molecule has 1 aromatic heterocycles. The normalized spacial score (nSPS) is 9.89. The van der Waals surface area contributed by atoms with Crippen molar-refractivity contribution < 1.29 is 14.3 Å². The van der Waals surface area contributed by atoms with E-state index in [0.717, 1.165) is 0 Å². The second kappa shape index (κ2) is 4.64. The molecule has 2 rings (SSSR count). The number of carbonyl (C=O) groups excluding carboxylic acids is 1. The summed E-state index contributed by atoms with van der Waals surface area (Å²) in [6.07, 6.45) is 0. The number of aromatic nitrogens is 2. The summed E-state index contributed by atoms with van der Waals surface area (Å²) >= 11 is 0. The number of nitrogens with zero attached hydrogens (tertiary/aromatic N) is 4. The number of azide groups is 1. The van der Waals surface area contributed by atoms with Crippen LogP contribution in [0.25, 0.3) is 21.3 Å². The molecule has 1 N–H and O–H groups in total. The Balaban J connectivity index is 2.82. The molecule has 2 aromatic rings. The number of benzene rings is 1. The van der Waals surface area contributed by atoms with Crippen molar-refractivity contribution in [1.82, 2.24) is 10.2 Å². The van der Waals surface area contributed by atoms with E-state index < -0.39 is 5.97 Å². The molecule has 8 nitrogen and oxygen atoms in total. The maximum Gasteiger partial charge on any atom is 0.356 e. The van der Waals surface area contributed by atoms with Gasteiger partial charge in [0.15, 0.2) is 5.69 Å². The van der Waals surface area contributed by atoms with Crippen molar-refractivity contribution in [2.45, 2.75) is 0 Å². The molecule has 0 bridgehead atoms. The molecule has 0 saturated heterocycles. The number of aromatic amines is 1. The summed E-state index contributed by atoms with van der Waals surface area (Å²) in [6, 6.07) is 3.15. The molecule has 8 heteroatoms. The molecule has 0 radical (unpaired) electrons. The highest BCUT2D eigenvalue weighted by atomic mass is 16.5. The smallest absolute Gasteiger partial charge is 0.356 e. The van der Waals surface area contributed by atoms with Crippen molar-refractivity contribution in [3.05, 3.63) is 28.3 Å². The zero-order valence-electron chi connectivity index (χ0n) is 9.67. The summed E-state index contributed by atoms with van der Waals surface area (Å²) in [5.74, 6) is -0.131. The average Bonchev–Trinajstić information content (AvgIpc) is 2.83. The first-order valence-electron chi connectivity index (χ1n) is 4.91. The molecule has 0 aliphatic heterocycles. The van der Waals surface area contributed by atoms with Crippen LogP contribution < -0.4 is 4.74 Å². The van der Waals surface area contributed by atoms with Crippen molar-refractivity contribution in [2.24, 2.45) is 5.11 Å². The highest BCUT2D eigenvalue weighted by molar-refractivity contribution is 6.08. The molecule has 0 unspecified atom stereocenters. The topological polar surface area (TPSA) is 113 Å². The number of hydrogen-bond acceptors (Lipinski definition) is 5. The van der Waals surface area contributed by atoms with E-state index in [1.807, 2.05) is 0 Å². The Hall–Kier alpha value is -2.73. The van der Waals surface area contributed by atoms with Gasteiger partial charge in [0.25, 0.3) is 0 Å². The fraction of sp³-hybridized carbons (Fsp3) is 0.200. The van der Waals surface area contributed by atoms with Gasteiger partial charge in [-0.25, -0.2) is 4.79 Å². The van der Waals surface area contributed by atoms with Gasteiger partial charge >= 0.3 is 5.97 Å². The van der Waals surface area contributed by atoms with Gasteiger partial charge in [0, 0.05) is 16.0 Å². The van der Waals surface area contributed by atoms with E-state index in [1.165, 1.54) is 14.2 Å². The predicted molar refractivity (Wildman–Crippen MR) is 62.8 cm³/mol. The number of carbonyl (C=O) groups is 1. The lowest BCUT2D eigenvalue weighted by Crippen LogP contribution is -2.02. The van der Waals surface area contributed by atoms with Crippen molar-refractivity contribution in [3.63, 3.8) is 0 Å². The zero-order valence-corrected chi connectivity index (χ0v) is 9.67. The Bertz CT molecular complexity index is 657. The lowest BCUT2D eigenvalue weighted by atomic mass is 10.1. The second-order valence-electron chi connectivity index (χ2n) is 3.29. The maximum absolute atomic E-state index is 11.6. The molecular formula is C10H9N5O3. The number of esters is 1. The first-order chi connectivity index (χ1) is 8.72. The quantitative estimate of drug-likeness (QED) is 0.388. The van der Waals surface area contributed by atoms with Crippen LogP contribution in [0.4, 0.5) is 5.69 Å². The highest BCUT2D eigenvalue weighted by Gasteiger charge is 2.19. The Morgan fingerprint density at radius 3 is 2.89 bits per heavy atom. The van der Waals surface area contributed by atoms with Crippen LogP contribution in [0, 0.1) is 0 Å². The van der Waals surface area contributed by atoms with Gasteiger partial charge in [0.1, 0.15) is 11.3 Å². The van der Waals surface area contributed by atoms with Gasteiger partial charge in [0.2, 0.25) is 0 Å². The molecule has 1 heterocycles.